The Labute approximate surface area is 120 Å². The number of benzene rings is 1. The molecule has 2 rings (SSSR count). The molecule has 20 heavy (non-hydrogen) atoms. The Morgan fingerprint density at radius 2 is 2.15 bits per heavy atom. The summed E-state index contributed by atoms with van der Waals surface area (Å²) in [6.45, 7) is 1.63. The number of aliphatic hydroxyl groups is 1. The fraction of sp³-hybridized carbons (Fsp3) is 0.471. The number of carbonyl (C=O) groups is 1. The predicted octanol–water partition coefficient (Wildman–Crippen LogP) is 2.32. The SMILES string of the molecule is O=C1CCCCCN1Cc1cccc(C#CCCO)c1. The summed E-state index contributed by atoms with van der Waals surface area (Å²) in [5.74, 6) is 6.22. The van der Waals surface area contributed by atoms with Crippen LogP contribution in [0.4, 0.5) is 0 Å². The van der Waals surface area contributed by atoms with Crippen LogP contribution >= 0.6 is 0 Å². The van der Waals surface area contributed by atoms with E-state index in [1.165, 1.54) is 0 Å². The van der Waals surface area contributed by atoms with Crippen LogP contribution in [0, 0.1) is 11.8 Å². The highest BCUT2D eigenvalue weighted by molar-refractivity contribution is 5.76. The van der Waals surface area contributed by atoms with Crippen LogP contribution in [-0.2, 0) is 11.3 Å². The molecular formula is C17H21NO2. The molecular weight excluding hydrogens is 250 g/mol. The predicted molar refractivity (Wildman–Crippen MR) is 78.9 cm³/mol. The third-order valence-electron chi connectivity index (χ3n) is 3.44. The largest absolute Gasteiger partial charge is 0.395 e. The van der Waals surface area contributed by atoms with E-state index in [1.54, 1.807) is 0 Å². The van der Waals surface area contributed by atoms with Crippen LogP contribution in [0.3, 0.4) is 0 Å². The summed E-state index contributed by atoms with van der Waals surface area (Å²) in [6.07, 6.45) is 4.43. The van der Waals surface area contributed by atoms with Crippen molar-refractivity contribution in [3.63, 3.8) is 0 Å². The molecule has 1 fully saturated rings. The van der Waals surface area contributed by atoms with E-state index in [4.69, 9.17) is 5.11 Å². The first-order valence-electron chi connectivity index (χ1n) is 7.26. The van der Waals surface area contributed by atoms with Crippen LogP contribution in [0.1, 0.15) is 43.2 Å². The van der Waals surface area contributed by atoms with Gasteiger partial charge in [0.05, 0.1) is 6.61 Å². The van der Waals surface area contributed by atoms with E-state index in [0.717, 1.165) is 36.9 Å². The summed E-state index contributed by atoms with van der Waals surface area (Å²) in [5.41, 5.74) is 2.06. The van der Waals surface area contributed by atoms with Crippen molar-refractivity contribution in [2.24, 2.45) is 0 Å². The van der Waals surface area contributed by atoms with Crippen molar-refractivity contribution in [1.82, 2.24) is 4.90 Å². The molecule has 0 radical (unpaired) electrons. The van der Waals surface area contributed by atoms with Crippen LogP contribution in [0.5, 0.6) is 0 Å². The summed E-state index contributed by atoms with van der Waals surface area (Å²) < 4.78 is 0. The molecule has 0 aliphatic carbocycles. The molecule has 106 valence electrons. The van der Waals surface area contributed by atoms with Crippen LogP contribution in [0.2, 0.25) is 0 Å². The molecule has 1 aliphatic heterocycles. The Bertz CT molecular complexity index is 513. The number of amides is 1. The van der Waals surface area contributed by atoms with Gasteiger partial charge >= 0.3 is 0 Å². The molecule has 0 atom stereocenters. The van der Waals surface area contributed by atoms with Crippen LogP contribution in [0.25, 0.3) is 0 Å². The van der Waals surface area contributed by atoms with Crippen LogP contribution < -0.4 is 0 Å². The molecule has 1 aromatic carbocycles. The van der Waals surface area contributed by atoms with Gasteiger partial charge in [0.1, 0.15) is 0 Å². The van der Waals surface area contributed by atoms with Gasteiger partial charge < -0.3 is 10.0 Å². The fourth-order valence-electron chi connectivity index (χ4n) is 2.39. The number of aliphatic hydroxyl groups excluding tert-OH is 1. The third kappa shape index (κ3) is 4.40. The first-order valence-corrected chi connectivity index (χ1v) is 7.26. The van der Waals surface area contributed by atoms with Gasteiger partial charge in [-0.25, -0.2) is 0 Å². The lowest BCUT2D eigenvalue weighted by atomic mass is 10.1. The number of carbonyl (C=O) groups excluding carboxylic acids is 1. The van der Waals surface area contributed by atoms with E-state index in [1.807, 2.05) is 29.2 Å². The van der Waals surface area contributed by atoms with E-state index >= 15 is 0 Å². The maximum absolute atomic E-state index is 12.0. The molecule has 1 aliphatic rings. The molecule has 0 aromatic heterocycles. The van der Waals surface area contributed by atoms with Gasteiger partial charge in [0.25, 0.3) is 0 Å². The Morgan fingerprint density at radius 3 is 3.00 bits per heavy atom. The quantitative estimate of drug-likeness (QED) is 0.857. The average Bonchev–Trinajstić information content (AvgIpc) is 2.65. The topological polar surface area (TPSA) is 40.5 Å². The first-order chi connectivity index (χ1) is 9.79. The van der Waals surface area contributed by atoms with Crippen molar-refractivity contribution in [2.45, 2.75) is 38.6 Å². The lowest BCUT2D eigenvalue weighted by Crippen LogP contribution is -2.29. The van der Waals surface area contributed by atoms with Crippen LogP contribution in [0.15, 0.2) is 24.3 Å². The Balaban J connectivity index is 2.03. The average molecular weight is 271 g/mol. The van der Waals surface area contributed by atoms with E-state index in [9.17, 15) is 4.79 Å². The van der Waals surface area contributed by atoms with Crippen molar-refractivity contribution in [3.05, 3.63) is 35.4 Å². The van der Waals surface area contributed by atoms with Gasteiger partial charge in [-0.15, -0.1) is 0 Å². The first kappa shape index (κ1) is 14.6. The number of hydrogen-bond donors (Lipinski definition) is 1. The summed E-state index contributed by atoms with van der Waals surface area (Å²) in [6, 6.07) is 8.00. The van der Waals surface area contributed by atoms with Crippen LogP contribution in [-0.4, -0.2) is 29.1 Å². The standard InChI is InChI=1S/C17H21NO2/c19-12-5-3-7-15-8-6-9-16(13-15)14-18-11-4-1-2-10-17(18)20/h6,8-9,13,19H,1-2,4-5,10-12,14H2. The number of nitrogens with zero attached hydrogens (tertiary/aromatic N) is 1. The number of hydrogen-bond acceptors (Lipinski definition) is 2. The maximum atomic E-state index is 12.0. The van der Waals surface area contributed by atoms with Gasteiger partial charge in [0.15, 0.2) is 0 Å². The zero-order chi connectivity index (χ0) is 14.2. The van der Waals surface area contributed by atoms with Crippen molar-refractivity contribution >= 4 is 5.91 Å². The Morgan fingerprint density at radius 1 is 1.25 bits per heavy atom. The van der Waals surface area contributed by atoms with Crippen molar-refractivity contribution in [2.75, 3.05) is 13.2 Å². The molecule has 3 heteroatoms. The minimum Gasteiger partial charge on any atom is -0.395 e. The van der Waals surface area contributed by atoms with Gasteiger partial charge in [-0.05, 0) is 30.5 Å². The minimum atomic E-state index is 0.0922. The third-order valence-corrected chi connectivity index (χ3v) is 3.44. The molecule has 1 amide bonds. The molecule has 0 spiro atoms. The Hall–Kier alpha value is -1.79. The van der Waals surface area contributed by atoms with Gasteiger partial charge in [-0.3, -0.25) is 4.79 Å². The number of likely N-dealkylation sites (tertiary alicyclic amines) is 1. The van der Waals surface area contributed by atoms with E-state index < -0.39 is 0 Å². The number of rotatable bonds is 3. The van der Waals surface area contributed by atoms with E-state index in [-0.39, 0.29) is 12.5 Å². The molecule has 3 nitrogen and oxygen atoms in total. The normalized spacial score (nSPS) is 15.4. The zero-order valence-corrected chi connectivity index (χ0v) is 11.8. The molecule has 1 saturated heterocycles. The molecule has 0 unspecified atom stereocenters. The van der Waals surface area contributed by atoms with Gasteiger partial charge in [-0.2, -0.15) is 0 Å². The second-order valence-corrected chi connectivity index (χ2v) is 5.10. The lowest BCUT2D eigenvalue weighted by Gasteiger charge is -2.20. The summed E-state index contributed by atoms with van der Waals surface area (Å²) in [4.78, 5) is 13.9. The molecule has 0 saturated carbocycles. The molecule has 0 bridgehead atoms. The van der Waals surface area contributed by atoms with E-state index in [0.29, 0.717) is 19.4 Å². The second kappa shape index (κ2) is 7.72. The summed E-state index contributed by atoms with van der Waals surface area (Å²) >= 11 is 0. The monoisotopic (exact) mass is 271 g/mol. The summed E-state index contributed by atoms with van der Waals surface area (Å²) in [5, 5.41) is 8.72. The zero-order valence-electron chi connectivity index (χ0n) is 11.8. The fourth-order valence-corrected chi connectivity index (χ4v) is 2.39. The highest BCUT2D eigenvalue weighted by atomic mass is 16.2. The summed E-state index contributed by atoms with van der Waals surface area (Å²) in [7, 11) is 0. The van der Waals surface area contributed by atoms with Crippen molar-refractivity contribution < 1.29 is 9.90 Å². The smallest absolute Gasteiger partial charge is 0.222 e. The highest BCUT2D eigenvalue weighted by Crippen LogP contribution is 2.15. The molecule has 1 heterocycles. The van der Waals surface area contributed by atoms with Gasteiger partial charge in [0, 0.05) is 31.5 Å². The van der Waals surface area contributed by atoms with Gasteiger partial charge in [0.2, 0.25) is 5.91 Å². The van der Waals surface area contributed by atoms with Gasteiger partial charge in [-0.1, -0.05) is 30.4 Å². The molecule has 1 N–H and O–H groups in total. The highest BCUT2D eigenvalue weighted by Gasteiger charge is 2.16. The maximum Gasteiger partial charge on any atom is 0.222 e. The minimum absolute atomic E-state index is 0.0922. The van der Waals surface area contributed by atoms with E-state index in [2.05, 4.69) is 11.8 Å². The lowest BCUT2D eigenvalue weighted by molar-refractivity contribution is -0.131. The Kier molecular flexibility index (Phi) is 5.64. The van der Waals surface area contributed by atoms with Crippen molar-refractivity contribution in [3.8, 4) is 11.8 Å². The molecule has 1 aromatic rings. The second-order valence-electron chi connectivity index (χ2n) is 5.10. The van der Waals surface area contributed by atoms with Crippen molar-refractivity contribution in [1.29, 1.82) is 0 Å².